The van der Waals surface area contributed by atoms with Crippen molar-refractivity contribution in [3.05, 3.63) is 48.3 Å². The summed E-state index contributed by atoms with van der Waals surface area (Å²) in [5.41, 5.74) is 2.18. The topological polar surface area (TPSA) is 29.9 Å². The van der Waals surface area contributed by atoms with Crippen LogP contribution < -0.4 is 5.32 Å². The summed E-state index contributed by atoms with van der Waals surface area (Å²) in [7, 11) is 0. The van der Waals surface area contributed by atoms with Gasteiger partial charge >= 0.3 is 0 Å². The summed E-state index contributed by atoms with van der Waals surface area (Å²) < 4.78 is 1.92. The number of nitrogens with one attached hydrogen (secondary N) is 1. The third kappa shape index (κ3) is 4.40. The van der Waals surface area contributed by atoms with E-state index in [1.807, 2.05) is 40.8 Å². The molecule has 0 aliphatic heterocycles. The molecule has 0 aliphatic carbocycles. The van der Waals surface area contributed by atoms with Crippen LogP contribution in [0.5, 0.6) is 0 Å². The van der Waals surface area contributed by atoms with Crippen molar-refractivity contribution in [2.75, 3.05) is 12.0 Å². The Labute approximate surface area is 119 Å². The molecule has 0 aliphatic rings. The van der Waals surface area contributed by atoms with Gasteiger partial charge in [0.2, 0.25) is 0 Å². The molecule has 0 amide bonds. The number of aromatic nitrogens is 2. The standard InChI is InChI=1S/C15H21N3S/c1-13(9-11-19-2)16-12-14-8-10-18(17-14)15-6-4-3-5-7-15/h3-8,10,13,16H,9,11-12H2,1-2H3. The van der Waals surface area contributed by atoms with E-state index in [1.165, 1.54) is 12.2 Å². The van der Waals surface area contributed by atoms with Crippen molar-refractivity contribution < 1.29 is 0 Å². The van der Waals surface area contributed by atoms with Crippen LogP contribution in [-0.2, 0) is 6.54 Å². The molecular formula is C15H21N3S. The third-order valence-corrected chi connectivity index (χ3v) is 3.70. The van der Waals surface area contributed by atoms with Crippen molar-refractivity contribution in [3.8, 4) is 5.69 Å². The Morgan fingerprint density at radius 1 is 1.26 bits per heavy atom. The van der Waals surface area contributed by atoms with Gasteiger partial charge in [-0.15, -0.1) is 0 Å². The molecule has 102 valence electrons. The fourth-order valence-corrected chi connectivity index (χ4v) is 2.45. The van der Waals surface area contributed by atoms with E-state index in [0.29, 0.717) is 6.04 Å². The second-order valence-corrected chi connectivity index (χ2v) is 5.64. The zero-order valence-electron chi connectivity index (χ0n) is 11.5. The minimum Gasteiger partial charge on any atom is -0.309 e. The van der Waals surface area contributed by atoms with Gasteiger partial charge in [-0.05, 0) is 43.6 Å². The van der Waals surface area contributed by atoms with Gasteiger partial charge in [0.1, 0.15) is 0 Å². The number of benzene rings is 1. The van der Waals surface area contributed by atoms with Gasteiger partial charge in [-0.2, -0.15) is 16.9 Å². The zero-order valence-corrected chi connectivity index (χ0v) is 12.4. The summed E-state index contributed by atoms with van der Waals surface area (Å²) in [5.74, 6) is 1.20. The number of hydrogen-bond acceptors (Lipinski definition) is 3. The van der Waals surface area contributed by atoms with Crippen molar-refractivity contribution in [2.24, 2.45) is 0 Å². The van der Waals surface area contributed by atoms with E-state index < -0.39 is 0 Å². The summed E-state index contributed by atoms with van der Waals surface area (Å²) in [6, 6.07) is 12.8. The Hall–Kier alpha value is -1.26. The van der Waals surface area contributed by atoms with E-state index in [9.17, 15) is 0 Å². The van der Waals surface area contributed by atoms with Gasteiger partial charge < -0.3 is 5.32 Å². The summed E-state index contributed by atoms with van der Waals surface area (Å²) in [6.45, 7) is 3.06. The molecule has 2 aromatic rings. The highest BCUT2D eigenvalue weighted by molar-refractivity contribution is 7.98. The number of hydrogen-bond donors (Lipinski definition) is 1. The van der Waals surface area contributed by atoms with Crippen LogP contribution in [0.25, 0.3) is 5.69 Å². The number of para-hydroxylation sites is 1. The first-order chi connectivity index (χ1) is 9.29. The molecule has 3 nitrogen and oxygen atoms in total. The van der Waals surface area contributed by atoms with Crippen LogP contribution in [0, 0.1) is 0 Å². The van der Waals surface area contributed by atoms with Crippen molar-refractivity contribution in [1.29, 1.82) is 0 Å². The van der Waals surface area contributed by atoms with Crippen LogP contribution in [0.1, 0.15) is 19.0 Å². The number of rotatable bonds is 7. The van der Waals surface area contributed by atoms with Gasteiger partial charge in [0, 0.05) is 18.8 Å². The Morgan fingerprint density at radius 3 is 2.79 bits per heavy atom. The normalized spacial score (nSPS) is 12.5. The molecule has 0 bridgehead atoms. The largest absolute Gasteiger partial charge is 0.309 e. The summed E-state index contributed by atoms with van der Waals surface area (Å²) in [6.07, 6.45) is 5.35. The molecule has 0 radical (unpaired) electrons. The molecule has 0 spiro atoms. The van der Waals surface area contributed by atoms with Crippen LogP contribution >= 0.6 is 11.8 Å². The molecule has 1 heterocycles. The maximum atomic E-state index is 4.58. The molecule has 1 aromatic carbocycles. The fourth-order valence-electron chi connectivity index (χ4n) is 1.86. The van der Waals surface area contributed by atoms with Gasteiger partial charge in [0.05, 0.1) is 11.4 Å². The highest BCUT2D eigenvalue weighted by Gasteiger charge is 2.04. The molecule has 2 rings (SSSR count). The number of thioether (sulfide) groups is 1. The van der Waals surface area contributed by atoms with Crippen LogP contribution in [0.15, 0.2) is 42.6 Å². The maximum absolute atomic E-state index is 4.58. The van der Waals surface area contributed by atoms with E-state index in [1.54, 1.807) is 0 Å². The molecule has 4 heteroatoms. The Balaban J connectivity index is 1.88. The van der Waals surface area contributed by atoms with Gasteiger partial charge in [0.25, 0.3) is 0 Å². The predicted molar refractivity (Wildman–Crippen MR) is 82.9 cm³/mol. The van der Waals surface area contributed by atoms with Gasteiger partial charge in [0.15, 0.2) is 0 Å². The molecule has 1 unspecified atom stereocenters. The quantitative estimate of drug-likeness (QED) is 0.842. The first kappa shape index (κ1) is 14.2. The molecule has 1 aromatic heterocycles. The van der Waals surface area contributed by atoms with E-state index in [0.717, 1.165) is 17.9 Å². The van der Waals surface area contributed by atoms with Gasteiger partial charge in [-0.25, -0.2) is 4.68 Å². The highest BCUT2D eigenvalue weighted by atomic mass is 32.2. The van der Waals surface area contributed by atoms with E-state index in [-0.39, 0.29) is 0 Å². The minimum absolute atomic E-state index is 0.536. The smallest absolute Gasteiger partial charge is 0.0766 e. The minimum atomic E-state index is 0.536. The first-order valence-electron chi connectivity index (χ1n) is 6.62. The monoisotopic (exact) mass is 275 g/mol. The maximum Gasteiger partial charge on any atom is 0.0766 e. The summed E-state index contributed by atoms with van der Waals surface area (Å²) in [5, 5.41) is 8.09. The molecule has 1 N–H and O–H groups in total. The van der Waals surface area contributed by atoms with Crippen molar-refractivity contribution >= 4 is 11.8 Å². The first-order valence-corrected chi connectivity index (χ1v) is 8.01. The average molecular weight is 275 g/mol. The predicted octanol–water partition coefficient (Wildman–Crippen LogP) is 3.10. The van der Waals surface area contributed by atoms with Crippen molar-refractivity contribution in [1.82, 2.24) is 15.1 Å². The lowest BCUT2D eigenvalue weighted by Crippen LogP contribution is -2.26. The highest BCUT2D eigenvalue weighted by Crippen LogP contribution is 2.07. The molecular weight excluding hydrogens is 254 g/mol. The van der Waals surface area contributed by atoms with E-state index in [2.05, 4.69) is 41.8 Å². The molecule has 0 saturated heterocycles. The molecule has 0 saturated carbocycles. The van der Waals surface area contributed by atoms with Crippen LogP contribution in [0.2, 0.25) is 0 Å². The zero-order chi connectivity index (χ0) is 13.5. The summed E-state index contributed by atoms with van der Waals surface area (Å²) >= 11 is 1.89. The van der Waals surface area contributed by atoms with Crippen LogP contribution in [0.3, 0.4) is 0 Å². The van der Waals surface area contributed by atoms with E-state index >= 15 is 0 Å². The lowest BCUT2D eigenvalue weighted by Gasteiger charge is -2.11. The molecule has 1 atom stereocenters. The lowest BCUT2D eigenvalue weighted by molar-refractivity contribution is 0.530. The second-order valence-electron chi connectivity index (χ2n) is 4.65. The van der Waals surface area contributed by atoms with Gasteiger partial charge in [-0.1, -0.05) is 18.2 Å². The van der Waals surface area contributed by atoms with Crippen LogP contribution in [0.4, 0.5) is 0 Å². The average Bonchev–Trinajstić information content (AvgIpc) is 2.93. The SMILES string of the molecule is CSCCC(C)NCc1ccn(-c2ccccc2)n1. The van der Waals surface area contributed by atoms with E-state index in [4.69, 9.17) is 0 Å². The number of nitrogens with zero attached hydrogens (tertiary/aromatic N) is 2. The Morgan fingerprint density at radius 2 is 2.05 bits per heavy atom. The molecule has 19 heavy (non-hydrogen) atoms. The Kier molecular flexibility index (Phi) is 5.48. The van der Waals surface area contributed by atoms with Crippen LogP contribution in [-0.4, -0.2) is 27.8 Å². The van der Waals surface area contributed by atoms with Crippen molar-refractivity contribution in [2.45, 2.75) is 25.9 Å². The third-order valence-electron chi connectivity index (χ3n) is 3.05. The fraction of sp³-hybridized carbons (Fsp3) is 0.400. The van der Waals surface area contributed by atoms with Crippen molar-refractivity contribution in [3.63, 3.8) is 0 Å². The Bertz CT molecular complexity index is 481. The second kappa shape index (κ2) is 7.36. The van der Waals surface area contributed by atoms with Gasteiger partial charge in [-0.3, -0.25) is 0 Å². The molecule has 0 fully saturated rings. The summed E-state index contributed by atoms with van der Waals surface area (Å²) in [4.78, 5) is 0. The lowest BCUT2D eigenvalue weighted by atomic mass is 10.2.